The molecule has 0 aliphatic rings. The van der Waals surface area contributed by atoms with Crippen molar-refractivity contribution in [2.24, 2.45) is 7.05 Å². The lowest BCUT2D eigenvalue weighted by molar-refractivity contribution is 0.0940. The summed E-state index contributed by atoms with van der Waals surface area (Å²) in [6.07, 6.45) is 5.20. The lowest BCUT2D eigenvalue weighted by atomic mass is 10.1. The van der Waals surface area contributed by atoms with E-state index in [1.165, 1.54) is 6.07 Å². The van der Waals surface area contributed by atoms with Crippen LogP contribution < -0.4 is 10.6 Å². The lowest BCUT2D eigenvalue weighted by Crippen LogP contribution is -2.27. The molecule has 40 heavy (non-hydrogen) atoms. The Morgan fingerprint density at radius 2 is 1.88 bits per heavy atom. The van der Waals surface area contributed by atoms with Crippen molar-refractivity contribution in [3.63, 3.8) is 0 Å². The summed E-state index contributed by atoms with van der Waals surface area (Å²) < 4.78 is 29.0. The molecule has 10 heteroatoms. The van der Waals surface area contributed by atoms with Gasteiger partial charge in [-0.2, -0.15) is 0 Å². The van der Waals surface area contributed by atoms with Crippen LogP contribution in [-0.2, 0) is 13.6 Å². The summed E-state index contributed by atoms with van der Waals surface area (Å²) in [5.74, 6) is -1.82. The van der Waals surface area contributed by atoms with Gasteiger partial charge in [-0.3, -0.25) is 9.78 Å². The minimum Gasteiger partial charge on any atom is -0.365 e. The van der Waals surface area contributed by atoms with E-state index in [2.05, 4.69) is 43.8 Å². The lowest BCUT2D eigenvalue weighted by Gasteiger charge is -2.16. The summed E-state index contributed by atoms with van der Waals surface area (Å²) in [7, 11) is 1.98. The fourth-order valence-electron chi connectivity index (χ4n) is 4.66. The second-order valence-corrected chi connectivity index (χ2v) is 10.6. The Morgan fingerprint density at radius 1 is 1.00 bits per heavy atom. The Kier molecular flexibility index (Phi) is 6.69. The molecule has 0 bridgehead atoms. The molecule has 6 aromatic rings. The predicted molar refractivity (Wildman–Crippen MR) is 153 cm³/mol. The van der Waals surface area contributed by atoms with Crippen LogP contribution in [0.15, 0.2) is 79.4 Å². The average molecular weight is 555 g/mol. The molecule has 200 valence electrons. The number of amides is 1. The monoisotopic (exact) mass is 554 g/mol. The molecule has 2 aromatic carbocycles. The molecule has 1 unspecified atom stereocenters. The van der Waals surface area contributed by atoms with Crippen molar-refractivity contribution in [3.05, 3.63) is 107 Å². The van der Waals surface area contributed by atoms with E-state index in [0.29, 0.717) is 23.5 Å². The van der Waals surface area contributed by atoms with Crippen LogP contribution in [0.1, 0.15) is 33.8 Å². The highest BCUT2D eigenvalue weighted by Gasteiger charge is 2.17. The Morgan fingerprint density at radius 3 is 2.73 bits per heavy atom. The number of benzene rings is 2. The number of rotatable bonds is 7. The van der Waals surface area contributed by atoms with Gasteiger partial charge in [0.15, 0.2) is 11.6 Å². The second kappa shape index (κ2) is 10.5. The molecule has 0 spiro atoms. The summed E-state index contributed by atoms with van der Waals surface area (Å²) >= 11 is 1.65. The molecule has 0 fully saturated rings. The molecule has 2 N–H and O–H groups in total. The molecule has 0 radical (unpaired) electrons. The zero-order chi connectivity index (χ0) is 27.8. The van der Waals surface area contributed by atoms with Gasteiger partial charge in [0.05, 0.1) is 41.7 Å². The van der Waals surface area contributed by atoms with Gasteiger partial charge in [-0.05, 0) is 66.6 Å². The Balaban J connectivity index is 1.18. The summed E-state index contributed by atoms with van der Waals surface area (Å²) in [4.78, 5) is 28.5. The number of pyridine rings is 2. The van der Waals surface area contributed by atoms with Crippen LogP contribution in [0.3, 0.4) is 0 Å². The van der Waals surface area contributed by atoms with Crippen LogP contribution in [0.5, 0.6) is 0 Å². The number of carbonyl (C=O) groups excluding carboxylic acids is 1. The Bertz CT molecular complexity index is 1880. The van der Waals surface area contributed by atoms with E-state index in [-0.39, 0.29) is 5.91 Å². The largest absolute Gasteiger partial charge is 0.365 e. The quantitative estimate of drug-likeness (QED) is 0.232. The van der Waals surface area contributed by atoms with Gasteiger partial charge < -0.3 is 15.2 Å². The maximum absolute atomic E-state index is 13.7. The van der Waals surface area contributed by atoms with Crippen LogP contribution in [0.4, 0.5) is 14.6 Å². The van der Waals surface area contributed by atoms with E-state index in [1.54, 1.807) is 49.1 Å². The second-order valence-electron chi connectivity index (χ2n) is 9.47. The van der Waals surface area contributed by atoms with Crippen LogP contribution in [-0.4, -0.2) is 25.4 Å². The van der Waals surface area contributed by atoms with Gasteiger partial charge in [-0.25, -0.2) is 18.7 Å². The number of imidazole rings is 1. The summed E-state index contributed by atoms with van der Waals surface area (Å²) in [6.45, 7) is 2.19. The first-order valence-corrected chi connectivity index (χ1v) is 13.4. The van der Waals surface area contributed by atoms with Crippen molar-refractivity contribution in [1.82, 2.24) is 24.8 Å². The van der Waals surface area contributed by atoms with Gasteiger partial charge in [0.1, 0.15) is 11.3 Å². The topological polar surface area (TPSA) is 84.7 Å². The number of anilines is 1. The van der Waals surface area contributed by atoms with Gasteiger partial charge in [0.25, 0.3) is 5.91 Å². The minimum absolute atomic E-state index is 0.357. The molecular formula is C30H24F2N6OS. The summed E-state index contributed by atoms with van der Waals surface area (Å²) in [5.41, 5.74) is 4.73. The van der Waals surface area contributed by atoms with Crippen molar-refractivity contribution in [2.75, 3.05) is 5.32 Å². The van der Waals surface area contributed by atoms with Crippen LogP contribution in [0, 0.1) is 11.6 Å². The number of thiophene rings is 1. The van der Waals surface area contributed by atoms with Crippen molar-refractivity contribution in [2.45, 2.75) is 19.5 Å². The van der Waals surface area contributed by atoms with E-state index in [1.807, 2.05) is 23.7 Å². The number of carbonyl (C=O) groups is 1. The number of nitrogens with one attached hydrogen (secondary N) is 2. The van der Waals surface area contributed by atoms with E-state index in [0.717, 1.165) is 49.4 Å². The van der Waals surface area contributed by atoms with Gasteiger partial charge in [0.2, 0.25) is 0 Å². The number of fused-ring (bicyclic) bond motifs is 3. The number of hydrogen-bond donors (Lipinski definition) is 2. The fourth-order valence-corrected chi connectivity index (χ4v) is 5.60. The van der Waals surface area contributed by atoms with Crippen LogP contribution in [0.25, 0.3) is 32.4 Å². The Hall–Kier alpha value is -4.70. The fraction of sp³-hybridized carbons (Fsp3) is 0.133. The molecule has 1 amide bonds. The van der Waals surface area contributed by atoms with Gasteiger partial charge in [0, 0.05) is 28.4 Å². The zero-order valence-electron chi connectivity index (χ0n) is 21.7. The smallest absolute Gasteiger partial charge is 0.255 e. The average Bonchev–Trinajstić information content (AvgIpc) is 3.60. The zero-order valence-corrected chi connectivity index (χ0v) is 22.5. The van der Waals surface area contributed by atoms with Gasteiger partial charge in [-0.1, -0.05) is 12.1 Å². The van der Waals surface area contributed by atoms with Gasteiger partial charge >= 0.3 is 0 Å². The number of hydrogen-bond acceptors (Lipinski definition) is 6. The normalized spacial score (nSPS) is 12.1. The molecule has 0 saturated carbocycles. The first-order valence-electron chi connectivity index (χ1n) is 12.6. The molecule has 4 heterocycles. The maximum Gasteiger partial charge on any atom is 0.255 e. The van der Waals surface area contributed by atoms with Crippen molar-refractivity contribution >= 4 is 45.0 Å². The number of halogens is 2. The first-order chi connectivity index (χ1) is 19.4. The highest BCUT2D eigenvalue weighted by atomic mass is 32.1. The molecule has 0 saturated heterocycles. The van der Waals surface area contributed by atoms with E-state index in [4.69, 9.17) is 0 Å². The highest BCUT2D eigenvalue weighted by Crippen LogP contribution is 2.32. The predicted octanol–water partition coefficient (Wildman–Crippen LogP) is 6.63. The minimum atomic E-state index is -0.955. The number of nitrogens with zero attached hydrogens (tertiary/aromatic N) is 4. The molecule has 0 aliphatic heterocycles. The van der Waals surface area contributed by atoms with E-state index >= 15 is 0 Å². The number of aromatic nitrogens is 4. The van der Waals surface area contributed by atoms with Crippen LogP contribution in [0.2, 0.25) is 0 Å². The first kappa shape index (κ1) is 25.6. The third-order valence-corrected chi connectivity index (χ3v) is 7.90. The van der Waals surface area contributed by atoms with E-state index in [9.17, 15) is 13.6 Å². The molecule has 0 aliphatic carbocycles. The van der Waals surface area contributed by atoms with Crippen LogP contribution >= 0.6 is 11.3 Å². The molecule has 6 rings (SSSR count). The highest BCUT2D eigenvalue weighted by molar-refractivity contribution is 7.15. The SMILES string of the molecule is CC(NC(=O)c1cccnc1NCc1ccc(-c2ccc3ncc4ncn(C)c4c3c2)s1)c1ccc(F)c(F)c1. The van der Waals surface area contributed by atoms with Crippen molar-refractivity contribution < 1.29 is 13.6 Å². The molecule has 1 atom stereocenters. The maximum atomic E-state index is 13.7. The standard InChI is InChI=1S/C30H24F2N6OS/c1-17(18-5-8-23(31)24(32)13-18)37-30(39)21-4-3-11-33-29(21)35-14-20-7-10-27(40-20)19-6-9-25-22(12-19)28-26(15-34-25)36-16-38(28)2/h3-13,15-17H,14H2,1-2H3,(H,33,35)(H,37,39). The third kappa shape index (κ3) is 4.89. The van der Waals surface area contributed by atoms with Crippen molar-refractivity contribution in [1.29, 1.82) is 0 Å². The Labute approximate surface area is 232 Å². The van der Waals surface area contributed by atoms with E-state index < -0.39 is 17.7 Å². The molecule has 7 nitrogen and oxygen atoms in total. The summed E-state index contributed by atoms with van der Waals surface area (Å²) in [6, 6.07) is 16.8. The molecule has 4 aromatic heterocycles. The summed E-state index contributed by atoms with van der Waals surface area (Å²) in [5, 5.41) is 7.15. The third-order valence-electron chi connectivity index (χ3n) is 6.76. The molecular weight excluding hydrogens is 530 g/mol. The van der Waals surface area contributed by atoms with Gasteiger partial charge in [-0.15, -0.1) is 11.3 Å². The van der Waals surface area contributed by atoms with Crippen molar-refractivity contribution in [3.8, 4) is 10.4 Å². The number of aryl methyl sites for hydroxylation is 1.